The van der Waals surface area contributed by atoms with E-state index in [2.05, 4.69) is 17.1 Å². The van der Waals surface area contributed by atoms with Gasteiger partial charge in [-0.15, -0.1) is 0 Å². The first kappa shape index (κ1) is 20.9. The van der Waals surface area contributed by atoms with Gasteiger partial charge in [-0.3, -0.25) is 4.79 Å². The molecule has 136 valence electrons. The largest absolute Gasteiger partial charge is 1.00 e. The Bertz CT molecular complexity index is 581. The van der Waals surface area contributed by atoms with E-state index in [4.69, 9.17) is 16.3 Å². The van der Waals surface area contributed by atoms with Gasteiger partial charge in [-0.05, 0) is 43.5 Å². The maximum absolute atomic E-state index is 12.6. The Morgan fingerprint density at radius 1 is 1.50 bits per heavy atom. The van der Waals surface area contributed by atoms with Crippen LogP contribution in [0.4, 0.5) is 0 Å². The molecule has 2 N–H and O–H groups in total. The van der Waals surface area contributed by atoms with Gasteiger partial charge in [-0.1, -0.05) is 25.4 Å². The smallest absolute Gasteiger partial charge is 0.258 e. The molecule has 0 radical (unpaired) electrons. The minimum atomic E-state index is -0.341. The molecule has 0 aliphatic carbocycles. The zero-order valence-corrected chi connectivity index (χ0v) is 15.9. The van der Waals surface area contributed by atoms with Crippen molar-refractivity contribution in [3.05, 3.63) is 22.2 Å². The number of halogens is 2. The highest BCUT2D eigenvalue weighted by Crippen LogP contribution is 2.38. The van der Waals surface area contributed by atoms with Gasteiger partial charge in [-0.2, -0.15) is 0 Å². The summed E-state index contributed by atoms with van der Waals surface area (Å²) in [5.74, 6) is 0.275. The molecule has 0 unspecified atom stereocenters. The fourth-order valence-electron chi connectivity index (χ4n) is 3.05. The van der Waals surface area contributed by atoms with Crippen molar-refractivity contribution >= 4 is 17.5 Å². The Morgan fingerprint density at radius 3 is 2.75 bits per heavy atom. The summed E-state index contributed by atoms with van der Waals surface area (Å²) in [6, 6.07) is 1.64. The molecule has 0 saturated carbocycles. The van der Waals surface area contributed by atoms with Crippen molar-refractivity contribution in [2.45, 2.75) is 26.7 Å². The lowest BCUT2D eigenvalue weighted by Gasteiger charge is -2.17. The fourth-order valence-corrected chi connectivity index (χ4v) is 3.35. The second kappa shape index (κ2) is 9.35. The molecule has 0 spiro atoms. The van der Waals surface area contributed by atoms with Crippen LogP contribution in [0.25, 0.3) is 0 Å². The minimum absolute atomic E-state index is 0. The molecule has 1 heterocycles. The average Bonchev–Trinajstić information content (AvgIpc) is 3.02. The molecule has 5 nitrogen and oxygen atoms in total. The summed E-state index contributed by atoms with van der Waals surface area (Å²) < 4.78 is 5.22. The standard InChI is InChI=1S/C17H25ClN2O3.ClH/c1-4-12-8-13(18)16(23-3)14(15(12)21)17(22)19-9-11-6-7-20(5-2)10-11;/h8,11,21H,4-7,9-10H2,1-3H3,(H,19,22);1H/p-1/t11-;/m0./s1. The number of rotatable bonds is 6. The molecule has 0 aromatic heterocycles. The number of phenols is 1. The molecule has 1 amide bonds. The number of aromatic hydroxyl groups is 1. The average molecular weight is 376 g/mol. The Balaban J connectivity index is 0.00000288. The number of aryl methyl sites for hydroxylation is 1. The highest BCUT2D eigenvalue weighted by atomic mass is 35.5. The topological polar surface area (TPSA) is 61.8 Å². The van der Waals surface area contributed by atoms with Gasteiger partial charge in [0.25, 0.3) is 5.91 Å². The molecule has 1 aliphatic heterocycles. The van der Waals surface area contributed by atoms with Gasteiger partial charge in [0.1, 0.15) is 11.3 Å². The molecule has 1 aliphatic rings. The van der Waals surface area contributed by atoms with Crippen LogP contribution in [-0.4, -0.2) is 49.2 Å². The molecule has 1 saturated heterocycles. The third kappa shape index (κ3) is 4.47. The quantitative estimate of drug-likeness (QED) is 0.715. The van der Waals surface area contributed by atoms with Crippen molar-refractivity contribution in [3.63, 3.8) is 0 Å². The van der Waals surface area contributed by atoms with E-state index in [-0.39, 0.29) is 35.4 Å². The van der Waals surface area contributed by atoms with Gasteiger partial charge in [0.15, 0.2) is 5.75 Å². The fraction of sp³-hybridized carbons (Fsp3) is 0.588. The first-order chi connectivity index (χ1) is 11.0. The normalized spacial score (nSPS) is 17.4. The van der Waals surface area contributed by atoms with Crippen molar-refractivity contribution in [2.75, 3.05) is 33.3 Å². The predicted molar refractivity (Wildman–Crippen MR) is 91.6 cm³/mol. The predicted octanol–water partition coefficient (Wildman–Crippen LogP) is -0.308. The summed E-state index contributed by atoms with van der Waals surface area (Å²) in [5, 5.41) is 13.6. The number of hydrogen-bond acceptors (Lipinski definition) is 4. The van der Waals surface area contributed by atoms with Gasteiger partial charge < -0.3 is 32.5 Å². The lowest BCUT2D eigenvalue weighted by Crippen LogP contribution is -3.00. The SMILES string of the molecule is CCc1cc(Cl)c(OC)c(C(=O)NC[C@@H]2CCN(CC)C2)c1O.[Cl-]. The number of methoxy groups -OCH3 is 1. The zero-order chi connectivity index (χ0) is 17.0. The summed E-state index contributed by atoms with van der Waals surface area (Å²) >= 11 is 6.17. The maximum atomic E-state index is 12.6. The Labute approximate surface area is 154 Å². The molecule has 24 heavy (non-hydrogen) atoms. The number of phenolic OH excluding ortho intramolecular Hbond substituents is 1. The summed E-state index contributed by atoms with van der Waals surface area (Å²) in [5.41, 5.74) is 0.765. The molecule has 1 aromatic carbocycles. The number of amides is 1. The third-order valence-corrected chi connectivity index (χ3v) is 4.75. The van der Waals surface area contributed by atoms with E-state index in [0.29, 0.717) is 29.5 Å². The highest BCUT2D eigenvalue weighted by Gasteiger charge is 2.25. The van der Waals surface area contributed by atoms with Crippen LogP contribution in [0, 0.1) is 5.92 Å². The third-order valence-electron chi connectivity index (χ3n) is 4.47. The first-order valence-electron chi connectivity index (χ1n) is 8.10. The molecule has 1 atom stereocenters. The Hall–Kier alpha value is -1.17. The van der Waals surface area contributed by atoms with Crippen molar-refractivity contribution in [2.24, 2.45) is 5.92 Å². The number of benzene rings is 1. The van der Waals surface area contributed by atoms with Gasteiger partial charge in [0, 0.05) is 13.1 Å². The zero-order valence-electron chi connectivity index (χ0n) is 14.4. The van der Waals surface area contributed by atoms with E-state index in [1.165, 1.54) is 7.11 Å². The first-order valence-corrected chi connectivity index (χ1v) is 8.48. The second-order valence-electron chi connectivity index (χ2n) is 5.89. The van der Waals surface area contributed by atoms with Crippen LogP contribution in [0.15, 0.2) is 6.07 Å². The van der Waals surface area contributed by atoms with Crippen LogP contribution in [-0.2, 0) is 6.42 Å². The molecule has 1 aromatic rings. The van der Waals surface area contributed by atoms with Gasteiger partial charge in [-0.25, -0.2) is 0 Å². The van der Waals surface area contributed by atoms with Crippen molar-refractivity contribution in [3.8, 4) is 11.5 Å². The lowest BCUT2D eigenvalue weighted by molar-refractivity contribution is -0.0000150. The maximum Gasteiger partial charge on any atom is 0.258 e. The number of nitrogens with one attached hydrogen (secondary N) is 1. The van der Waals surface area contributed by atoms with Gasteiger partial charge in [0.2, 0.25) is 0 Å². The lowest BCUT2D eigenvalue weighted by atomic mass is 10.0. The summed E-state index contributed by atoms with van der Waals surface area (Å²) in [6.45, 7) is 7.73. The number of carbonyl (C=O) groups excluding carboxylic acids is 1. The highest BCUT2D eigenvalue weighted by molar-refractivity contribution is 6.33. The Morgan fingerprint density at radius 2 is 2.21 bits per heavy atom. The number of ether oxygens (including phenoxy) is 1. The van der Waals surface area contributed by atoms with Crippen LogP contribution >= 0.6 is 11.6 Å². The van der Waals surface area contributed by atoms with Crippen LogP contribution in [0.1, 0.15) is 36.2 Å². The van der Waals surface area contributed by atoms with E-state index >= 15 is 0 Å². The van der Waals surface area contributed by atoms with E-state index in [1.54, 1.807) is 6.07 Å². The van der Waals surface area contributed by atoms with E-state index in [9.17, 15) is 9.90 Å². The summed E-state index contributed by atoms with van der Waals surface area (Å²) in [6.07, 6.45) is 1.66. The van der Waals surface area contributed by atoms with Gasteiger partial charge in [0.05, 0.1) is 12.1 Å². The van der Waals surface area contributed by atoms with E-state index < -0.39 is 0 Å². The van der Waals surface area contributed by atoms with E-state index in [0.717, 1.165) is 26.1 Å². The van der Waals surface area contributed by atoms with Crippen LogP contribution in [0.3, 0.4) is 0 Å². The van der Waals surface area contributed by atoms with Gasteiger partial charge >= 0.3 is 0 Å². The van der Waals surface area contributed by atoms with Crippen molar-refractivity contribution < 1.29 is 27.0 Å². The van der Waals surface area contributed by atoms with Crippen molar-refractivity contribution in [1.29, 1.82) is 0 Å². The van der Waals surface area contributed by atoms with E-state index in [1.807, 2.05) is 6.92 Å². The minimum Gasteiger partial charge on any atom is -1.00 e. The van der Waals surface area contributed by atoms with Crippen LogP contribution in [0.5, 0.6) is 11.5 Å². The number of nitrogens with zero attached hydrogens (tertiary/aromatic N) is 1. The molecule has 0 bridgehead atoms. The monoisotopic (exact) mass is 375 g/mol. The molecular weight excluding hydrogens is 351 g/mol. The van der Waals surface area contributed by atoms with Crippen molar-refractivity contribution in [1.82, 2.24) is 10.2 Å². The van der Waals surface area contributed by atoms with Crippen LogP contribution < -0.4 is 22.5 Å². The second-order valence-corrected chi connectivity index (χ2v) is 6.29. The number of carbonyl (C=O) groups is 1. The molecule has 7 heteroatoms. The molecule has 2 rings (SSSR count). The summed E-state index contributed by atoms with van der Waals surface area (Å²) in [7, 11) is 1.44. The summed E-state index contributed by atoms with van der Waals surface area (Å²) in [4.78, 5) is 14.9. The molecular formula is C17H25Cl2N2O3-. The van der Waals surface area contributed by atoms with Crippen LogP contribution in [0.2, 0.25) is 5.02 Å². The molecule has 1 fully saturated rings. The number of hydrogen-bond donors (Lipinski definition) is 2. The number of likely N-dealkylation sites (tertiary alicyclic amines) is 1. The Kier molecular flexibility index (Phi) is 8.13.